The van der Waals surface area contributed by atoms with E-state index in [1.54, 1.807) is 23.1 Å². The Bertz CT molecular complexity index is 1050. The van der Waals surface area contributed by atoms with Crippen molar-refractivity contribution in [1.29, 1.82) is 0 Å². The zero-order chi connectivity index (χ0) is 21.6. The molecule has 0 saturated heterocycles. The minimum Gasteiger partial charge on any atom is -0.357 e. The van der Waals surface area contributed by atoms with Gasteiger partial charge in [-0.2, -0.15) is 0 Å². The van der Waals surface area contributed by atoms with Gasteiger partial charge in [0.05, 0.1) is 17.4 Å². The summed E-state index contributed by atoms with van der Waals surface area (Å²) in [4.78, 5) is 28.5. The van der Waals surface area contributed by atoms with E-state index >= 15 is 0 Å². The third kappa shape index (κ3) is 3.52. The summed E-state index contributed by atoms with van der Waals surface area (Å²) in [7, 11) is 0. The molecule has 1 atom stereocenters. The SMILES string of the molecule is CCC(=O)N1c2ccccc2NC2=C(C(=O)CC(C)(C)C2)C1c1c(Cl)cccc1Cl. The number of para-hydroxylation sites is 2. The molecule has 1 heterocycles. The van der Waals surface area contributed by atoms with Crippen LogP contribution in [0.15, 0.2) is 53.7 Å². The van der Waals surface area contributed by atoms with Crippen molar-refractivity contribution in [1.82, 2.24) is 0 Å². The van der Waals surface area contributed by atoms with E-state index < -0.39 is 6.04 Å². The second-order valence-electron chi connectivity index (χ2n) is 8.63. The van der Waals surface area contributed by atoms with Gasteiger partial charge in [0.15, 0.2) is 5.78 Å². The highest BCUT2D eigenvalue weighted by Crippen LogP contribution is 2.50. The van der Waals surface area contributed by atoms with Crippen LogP contribution in [-0.4, -0.2) is 11.7 Å². The van der Waals surface area contributed by atoms with Crippen molar-refractivity contribution >= 4 is 46.3 Å². The second kappa shape index (κ2) is 7.75. The van der Waals surface area contributed by atoms with Gasteiger partial charge >= 0.3 is 0 Å². The molecule has 30 heavy (non-hydrogen) atoms. The molecule has 1 aliphatic carbocycles. The van der Waals surface area contributed by atoms with Gasteiger partial charge in [0.2, 0.25) is 5.91 Å². The van der Waals surface area contributed by atoms with E-state index in [0.717, 1.165) is 11.4 Å². The molecule has 2 aliphatic rings. The number of ketones is 1. The first-order chi connectivity index (χ1) is 14.2. The minimum atomic E-state index is -0.687. The highest BCUT2D eigenvalue weighted by molar-refractivity contribution is 6.36. The lowest BCUT2D eigenvalue weighted by Gasteiger charge is -2.37. The quantitative estimate of drug-likeness (QED) is 0.573. The molecule has 6 heteroatoms. The summed E-state index contributed by atoms with van der Waals surface area (Å²) >= 11 is 13.2. The molecular weight excluding hydrogens is 419 g/mol. The Morgan fingerprint density at radius 2 is 1.77 bits per heavy atom. The number of carbonyl (C=O) groups is 2. The largest absolute Gasteiger partial charge is 0.357 e. The summed E-state index contributed by atoms with van der Waals surface area (Å²) in [5, 5.41) is 4.34. The number of amides is 1. The minimum absolute atomic E-state index is 0.0106. The Hall–Kier alpha value is -2.30. The molecule has 0 radical (unpaired) electrons. The van der Waals surface area contributed by atoms with Crippen LogP contribution in [0.25, 0.3) is 0 Å². The van der Waals surface area contributed by atoms with Gasteiger partial charge in [0.25, 0.3) is 0 Å². The number of benzene rings is 2. The Morgan fingerprint density at radius 3 is 2.43 bits per heavy atom. The predicted octanol–water partition coefficient (Wildman–Crippen LogP) is 6.55. The third-order valence-electron chi connectivity index (χ3n) is 5.75. The van der Waals surface area contributed by atoms with Crippen LogP contribution in [0.5, 0.6) is 0 Å². The smallest absolute Gasteiger partial charge is 0.227 e. The van der Waals surface area contributed by atoms with Crippen molar-refractivity contribution in [2.45, 2.75) is 46.1 Å². The summed E-state index contributed by atoms with van der Waals surface area (Å²) in [5.41, 5.74) is 3.31. The number of anilines is 2. The zero-order valence-electron chi connectivity index (χ0n) is 17.3. The number of hydrogen-bond acceptors (Lipinski definition) is 3. The Kier molecular flexibility index (Phi) is 5.41. The molecule has 1 aliphatic heterocycles. The molecule has 0 bridgehead atoms. The fourth-order valence-electron chi connectivity index (χ4n) is 4.48. The summed E-state index contributed by atoms with van der Waals surface area (Å²) < 4.78 is 0. The predicted molar refractivity (Wildman–Crippen MR) is 122 cm³/mol. The Balaban J connectivity index is 2.07. The fourth-order valence-corrected chi connectivity index (χ4v) is 5.08. The molecule has 2 aromatic rings. The first-order valence-electron chi connectivity index (χ1n) is 10.1. The van der Waals surface area contributed by atoms with Crippen molar-refractivity contribution in [2.75, 3.05) is 10.2 Å². The molecule has 4 nitrogen and oxygen atoms in total. The van der Waals surface area contributed by atoms with Crippen molar-refractivity contribution in [3.05, 3.63) is 69.3 Å². The number of carbonyl (C=O) groups excluding carboxylic acids is 2. The van der Waals surface area contributed by atoms with Gasteiger partial charge in [-0.05, 0) is 36.1 Å². The van der Waals surface area contributed by atoms with Crippen LogP contribution in [0.3, 0.4) is 0 Å². The number of nitrogens with one attached hydrogen (secondary N) is 1. The van der Waals surface area contributed by atoms with Crippen molar-refractivity contribution in [2.24, 2.45) is 5.41 Å². The van der Waals surface area contributed by atoms with Crippen molar-refractivity contribution < 1.29 is 9.59 Å². The van der Waals surface area contributed by atoms with E-state index in [0.29, 0.717) is 39.7 Å². The maximum Gasteiger partial charge on any atom is 0.227 e. The Labute approximate surface area is 186 Å². The van der Waals surface area contributed by atoms with Crippen molar-refractivity contribution in [3.8, 4) is 0 Å². The van der Waals surface area contributed by atoms with Gasteiger partial charge in [-0.3, -0.25) is 14.5 Å². The summed E-state index contributed by atoms with van der Waals surface area (Å²) in [6, 6.07) is 12.2. The number of fused-ring (bicyclic) bond motifs is 1. The van der Waals surface area contributed by atoms with Gasteiger partial charge in [-0.1, -0.05) is 62.2 Å². The number of hydrogen-bond donors (Lipinski definition) is 1. The van der Waals surface area contributed by atoms with E-state index in [2.05, 4.69) is 19.2 Å². The first kappa shape index (κ1) is 21.0. The number of allylic oxidation sites excluding steroid dienone is 1. The zero-order valence-corrected chi connectivity index (χ0v) is 18.8. The molecule has 4 rings (SSSR count). The second-order valence-corrected chi connectivity index (χ2v) is 9.44. The average molecular weight is 443 g/mol. The molecule has 156 valence electrons. The monoisotopic (exact) mass is 442 g/mol. The number of rotatable bonds is 2. The molecule has 2 aromatic carbocycles. The molecule has 0 fully saturated rings. The fraction of sp³-hybridized carbons (Fsp3) is 0.333. The van der Waals surface area contributed by atoms with Gasteiger partial charge < -0.3 is 5.32 Å². The van der Waals surface area contributed by atoms with Gasteiger partial charge in [0.1, 0.15) is 0 Å². The van der Waals surface area contributed by atoms with Crippen LogP contribution in [0.4, 0.5) is 11.4 Å². The third-order valence-corrected chi connectivity index (χ3v) is 6.40. The molecule has 0 saturated carbocycles. The lowest BCUT2D eigenvalue weighted by atomic mass is 9.73. The van der Waals surface area contributed by atoms with Crippen molar-refractivity contribution in [3.63, 3.8) is 0 Å². The summed E-state index contributed by atoms with van der Waals surface area (Å²) in [6.07, 6.45) is 1.38. The number of Topliss-reactive ketones (excluding diaryl/α,β-unsaturated/α-hetero) is 1. The molecule has 1 N–H and O–H groups in total. The molecule has 0 spiro atoms. The molecule has 0 aromatic heterocycles. The highest BCUT2D eigenvalue weighted by atomic mass is 35.5. The van der Waals surface area contributed by atoms with E-state index in [-0.39, 0.29) is 23.5 Å². The molecule has 1 unspecified atom stereocenters. The van der Waals surface area contributed by atoms with E-state index in [4.69, 9.17) is 23.2 Å². The maximum atomic E-state index is 13.5. The van der Waals surface area contributed by atoms with E-state index in [1.807, 2.05) is 31.2 Å². The van der Waals surface area contributed by atoms with Crippen LogP contribution in [0.1, 0.15) is 51.6 Å². The van der Waals surface area contributed by atoms with Crippen LogP contribution >= 0.6 is 23.2 Å². The van der Waals surface area contributed by atoms with Crippen LogP contribution in [0.2, 0.25) is 10.0 Å². The van der Waals surface area contributed by atoms with Gasteiger partial charge in [-0.15, -0.1) is 0 Å². The topological polar surface area (TPSA) is 49.4 Å². The lowest BCUT2D eigenvalue weighted by molar-refractivity contribution is -0.119. The normalized spacial score (nSPS) is 20.2. The number of nitrogens with zero attached hydrogens (tertiary/aromatic N) is 1. The number of halogens is 2. The first-order valence-corrected chi connectivity index (χ1v) is 10.9. The summed E-state index contributed by atoms with van der Waals surface area (Å²) in [5.74, 6) is -0.0898. The van der Waals surface area contributed by atoms with E-state index in [1.165, 1.54) is 0 Å². The summed E-state index contributed by atoms with van der Waals surface area (Å²) in [6.45, 7) is 5.98. The van der Waals surface area contributed by atoms with Gasteiger partial charge in [-0.25, -0.2) is 0 Å². The Morgan fingerprint density at radius 1 is 1.10 bits per heavy atom. The van der Waals surface area contributed by atoms with Crippen LogP contribution in [0, 0.1) is 5.41 Å². The van der Waals surface area contributed by atoms with E-state index in [9.17, 15) is 9.59 Å². The van der Waals surface area contributed by atoms with Crippen LogP contribution in [-0.2, 0) is 9.59 Å². The molecular formula is C24H24Cl2N2O2. The molecule has 1 amide bonds. The van der Waals surface area contributed by atoms with Gasteiger partial charge in [0, 0.05) is 39.7 Å². The van der Waals surface area contributed by atoms with Crippen LogP contribution < -0.4 is 10.2 Å². The highest BCUT2D eigenvalue weighted by Gasteiger charge is 2.44. The average Bonchev–Trinajstić information content (AvgIpc) is 2.80. The maximum absolute atomic E-state index is 13.5. The lowest BCUT2D eigenvalue weighted by Crippen LogP contribution is -2.39. The standard InChI is InChI=1S/C24H24Cl2N2O2/c1-4-20(30)28-18-11-6-5-10-16(18)27-17-12-24(2,3)13-19(29)22(17)23(28)21-14(25)8-7-9-15(21)26/h5-11,23,27H,4,12-13H2,1-3H3.